The van der Waals surface area contributed by atoms with E-state index < -0.39 is 42.6 Å². The van der Waals surface area contributed by atoms with E-state index in [2.05, 4.69) is 4.72 Å². The van der Waals surface area contributed by atoms with Gasteiger partial charge in [-0.25, -0.2) is 17.5 Å². The van der Waals surface area contributed by atoms with Gasteiger partial charge in [0.05, 0.1) is 16.7 Å². The van der Waals surface area contributed by atoms with Gasteiger partial charge in [0.1, 0.15) is 4.90 Å². The number of anilines is 1. The van der Waals surface area contributed by atoms with Crippen LogP contribution in [0.5, 0.6) is 0 Å². The molecule has 0 heterocycles. The van der Waals surface area contributed by atoms with Gasteiger partial charge in [0.15, 0.2) is 5.82 Å². The number of hydrogen-bond donors (Lipinski definition) is 2. The van der Waals surface area contributed by atoms with Gasteiger partial charge in [-0.15, -0.1) is 0 Å². The van der Waals surface area contributed by atoms with Crippen LogP contribution in [0.15, 0.2) is 17.0 Å². The summed E-state index contributed by atoms with van der Waals surface area (Å²) in [5.41, 5.74) is 3.59. The van der Waals surface area contributed by atoms with E-state index in [0.717, 1.165) is 12.5 Å². The smallest absolute Gasteiger partial charge is 0.274 e. The van der Waals surface area contributed by atoms with Crippen LogP contribution in [0.1, 0.15) is 33.6 Å². The maximum absolute atomic E-state index is 13.9. The van der Waals surface area contributed by atoms with Gasteiger partial charge in [-0.1, -0.05) is 13.3 Å². The van der Waals surface area contributed by atoms with E-state index in [-0.39, 0.29) is 0 Å². The molecule has 0 spiro atoms. The number of nitrogens with one attached hydrogen (secondary N) is 1. The average molecular weight is 319 g/mol. The monoisotopic (exact) mass is 319 g/mol. The Morgan fingerprint density at radius 2 is 2.00 bits per heavy atom. The summed E-state index contributed by atoms with van der Waals surface area (Å²) < 4.78 is 40.8. The summed E-state index contributed by atoms with van der Waals surface area (Å²) in [6.07, 6.45) is 1.27. The van der Waals surface area contributed by atoms with Crippen LogP contribution in [0, 0.1) is 15.9 Å². The predicted octanol–water partition coefficient (Wildman–Crippen LogP) is 2.17. The van der Waals surface area contributed by atoms with E-state index in [4.69, 9.17) is 5.73 Å². The van der Waals surface area contributed by atoms with Gasteiger partial charge in [0.25, 0.3) is 5.69 Å². The van der Waals surface area contributed by atoms with Crippen molar-refractivity contribution in [3.8, 4) is 0 Å². The molecule has 0 fully saturated rings. The Hall–Kier alpha value is -1.74. The third-order valence-electron chi connectivity index (χ3n) is 2.82. The number of rotatable bonds is 6. The number of nitrogens with two attached hydrogens (primary N) is 1. The Labute approximate surface area is 122 Å². The first-order valence-electron chi connectivity index (χ1n) is 6.27. The second-order valence-corrected chi connectivity index (χ2v) is 6.96. The molecule has 1 aromatic rings. The average Bonchev–Trinajstić information content (AvgIpc) is 2.24. The van der Waals surface area contributed by atoms with Crippen molar-refractivity contribution in [3.05, 3.63) is 28.1 Å². The lowest BCUT2D eigenvalue weighted by Crippen LogP contribution is -2.43. The van der Waals surface area contributed by atoms with Crippen molar-refractivity contribution in [1.82, 2.24) is 4.72 Å². The normalized spacial score (nSPS) is 12.4. The van der Waals surface area contributed by atoms with E-state index in [1.807, 2.05) is 6.92 Å². The largest absolute Gasteiger partial charge is 0.397 e. The lowest BCUT2D eigenvalue weighted by molar-refractivity contribution is -0.385. The van der Waals surface area contributed by atoms with E-state index in [1.54, 1.807) is 13.8 Å². The minimum absolute atomic E-state index is 0.499. The van der Waals surface area contributed by atoms with Gasteiger partial charge < -0.3 is 5.73 Å². The van der Waals surface area contributed by atoms with E-state index in [9.17, 15) is 22.9 Å². The minimum Gasteiger partial charge on any atom is -0.397 e. The Morgan fingerprint density at radius 3 is 2.43 bits per heavy atom. The van der Waals surface area contributed by atoms with Crippen LogP contribution in [0.2, 0.25) is 0 Å². The van der Waals surface area contributed by atoms with E-state index >= 15 is 0 Å². The molecule has 0 saturated heterocycles. The van der Waals surface area contributed by atoms with Crippen molar-refractivity contribution < 1.29 is 17.7 Å². The molecule has 0 saturated carbocycles. The van der Waals surface area contributed by atoms with Gasteiger partial charge in [-0.3, -0.25) is 10.1 Å². The van der Waals surface area contributed by atoms with Crippen molar-refractivity contribution in [1.29, 1.82) is 0 Å². The highest BCUT2D eigenvalue weighted by atomic mass is 32.2. The lowest BCUT2D eigenvalue weighted by atomic mass is 10.0. The van der Waals surface area contributed by atoms with Crippen LogP contribution >= 0.6 is 0 Å². The number of benzene rings is 1. The zero-order chi connectivity index (χ0) is 16.4. The highest BCUT2D eigenvalue weighted by Gasteiger charge is 2.30. The van der Waals surface area contributed by atoms with Crippen LogP contribution in [0.25, 0.3) is 0 Å². The van der Waals surface area contributed by atoms with Crippen molar-refractivity contribution in [2.45, 2.75) is 44.0 Å². The molecule has 0 amide bonds. The summed E-state index contributed by atoms with van der Waals surface area (Å²) in [4.78, 5) is 8.99. The van der Waals surface area contributed by atoms with E-state index in [0.29, 0.717) is 12.5 Å². The summed E-state index contributed by atoms with van der Waals surface area (Å²) >= 11 is 0. The molecule has 21 heavy (non-hydrogen) atoms. The first kappa shape index (κ1) is 17.3. The molecular formula is C12H18FN3O4S. The molecule has 0 unspecified atom stereocenters. The van der Waals surface area contributed by atoms with Crippen LogP contribution in [0.4, 0.5) is 15.8 Å². The molecule has 0 aliphatic carbocycles. The molecule has 0 aromatic heterocycles. The van der Waals surface area contributed by atoms with Crippen LogP contribution in [0.3, 0.4) is 0 Å². The van der Waals surface area contributed by atoms with Crippen molar-refractivity contribution in [2.75, 3.05) is 5.73 Å². The number of halogens is 1. The van der Waals surface area contributed by atoms with E-state index in [1.165, 1.54) is 0 Å². The standard InChI is InChI=1S/C12H18FN3O4S/c1-4-5-12(2,3)15-21(19,20)11-9(13)6-8(16(17)18)7-10(11)14/h6-7,15H,4-5,14H2,1-3H3. The second kappa shape index (κ2) is 5.94. The summed E-state index contributed by atoms with van der Waals surface area (Å²) in [5, 5.41) is 10.6. The number of nitrogen functional groups attached to an aromatic ring is 1. The zero-order valence-corrected chi connectivity index (χ0v) is 12.8. The Morgan fingerprint density at radius 1 is 1.43 bits per heavy atom. The number of nitro benzene ring substituents is 1. The van der Waals surface area contributed by atoms with Gasteiger partial charge in [0, 0.05) is 11.6 Å². The van der Waals surface area contributed by atoms with Crippen molar-refractivity contribution in [3.63, 3.8) is 0 Å². The molecule has 0 radical (unpaired) electrons. The number of nitrogens with zero attached hydrogens (tertiary/aromatic N) is 1. The zero-order valence-electron chi connectivity index (χ0n) is 12.0. The van der Waals surface area contributed by atoms with Gasteiger partial charge in [0.2, 0.25) is 10.0 Å². The van der Waals surface area contributed by atoms with Crippen LogP contribution in [-0.4, -0.2) is 18.9 Å². The minimum atomic E-state index is -4.22. The molecule has 0 aliphatic heterocycles. The molecule has 3 N–H and O–H groups in total. The SMILES string of the molecule is CCCC(C)(C)NS(=O)(=O)c1c(N)cc([N+](=O)[O-])cc1F. The van der Waals surface area contributed by atoms with Crippen molar-refractivity contribution in [2.24, 2.45) is 0 Å². The molecule has 0 aliphatic rings. The number of hydrogen-bond acceptors (Lipinski definition) is 5. The molecule has 118 valence electrons. The molecule has 0 bridgehead atoms. The Balaban J connectivity index is 3.30. The number of nitro groups is 1. The molecule has 1 aromatic carbocycles. The van der Waals surface area contributed by atoms with Crippen LogP contribution in [-0.2, 0) is 10.0 Å². The first-order valence-corrected chi connectivity index (χ1v) is 7.76. The Bertz CT molecular complexity index is 635. The topological polar surface area (TPSA) is 115 Å². The maximum atomic E-state index is 13.9. The van der Waals surface area contributed by atoms with Gasteiger partial charge >= 0.3 is 0 Å². The highest BCUT2D eigenvalue weighted by molar-refractivity contribution is 7.89. The maximum Gasteiger partial charge on any atom is 0.274 e. The summed E-state index contributed by atoms with van der Waals surface area (Å²) in [6, 6.07) is 1.36. The fourth-order valence-electron chi connectivity index (χ4n) is 2.08. The third kappa shape index (κ3) is 4.11. The van der Waals surface area contributed by atoms with Crippen LogP contribution < -0.4 is 10.5 Å². The fourth-order valence-corrected chi connectivity index (χ4v) is 3.70. The molecule has 9 heteroatoms. The molecule has 1 rings (SSSR count). The second-order valence-electron chi connectivity index (χ2n) is 5.34. The summed E-state index contributed by atoms with van der Waals surface area (Å²) in [7, 11) is -4.22. The first-order chi connectivity index (χ1) is 9.50. The quantitative estimate of drug-likeness (QED) is 0.473. The predicted molar refractivity (Wildman–Crippen MR) is 76.8 cm³/mol. The molecule has 0 atom stereocenters. The Kier molecular flexibility index (Phi) is 4.90. The summed E-state index contributed by atoms with van der Waals surface area (Å²) in [5.74, 6) is -1.25. The summed E-state index contributed by atoms with van der Waals surface area (Å²) in [6.45, 7) is 5.21. The van der Waals surface area contributed by atoms with Gasteiger partial charge in [-0.2, -0.15) is 0 Å². The highest BCUT2D eigenvalue weighted by Crippen LogP contribution is 2.28. The number of sulfonamides is 1. The number of non-ortho nitro benzene ring substituents is 1. The third-order valence-corrected chi connectivity index (χ3v) is 4.61. The van der Waals surface area contributed by atoms with Gasteiger partial charge in [-0.05, 0) is 20.3 Å². The molecule has 7 nitrogen and oxygen atoms in total. The van der Waals surface area contributed by atoms with Crippen molar-refractivity contribution >= 4 is 21.4 Å². The molecular weight excluding hydrogens is 301 g/mol. The fraction of sp³-hybridized carbons (Fsp3) is 0.500. The lowest BCUT2D eigenvalue weighted by Gasteiger charge is -2.25.